The zero-order valence-electron chi connectivity index (χ0n) is 14.0. The number of methoxy groups -OCH3 is 1. The molecule has 1 aromatic carbocycles. The first-order valence-electron chi connectivity index (χ1n) is 7.58. The van der Waals surface area contributed by atoms with E-state index < -0.39 is 0 Å². The van der Waals surface area contributed by atoms with Crippen molar-refractivity contribution in [3.8, 4) is 5.75 Å². The van der Waals surface area contributed by atoms with Gasteiger partial charge < -0.3 is 14.6 Å². The van der Waals surface area contributed by atoms with E-state index in [1.54, 1.807) is 42.3 Å². The van der Waals surface area contributed by atoms with Crippen molar-refractivity contribution in [1.82, 2.24) is 14.9 Å². The van der Waals surface area contributed by atoms with E-state index in [9.17, 15) is 4.79 Å². The second-order valence-corrected chi connectivity index (χ2v) is 6.54. The molecule has 2 aromatic heterocycles. The number of amides is 1. The molecular weight excluding hydrogens is 435 g/mol. The second kappa shape index (κ2) is 7.26. The Morgan fingerprint density at radius 2 is 2.20 bits per heavy atom. The van der Waals surface area contributed by atoms with Crippen LogP contribution in [0.15, 0.2) is 35.0 Å². The Hall–Kier alpha value is -2.36. The van der Waals surface area contributed by atoms with Gasteiger partial charge in [0.1, 0.15) is 15.2 Å². The first-order valence-corrected chi connectivity index (χ1v) is 8.66. The Morgan fingerprint density at radius 3 is 2.88 bits per heavy atom. The molecule has 0 spiro atoms. The molecule has 130 valence electrons. The Balaban J connectivity index is 1.77. The van der Waals surface area contributed by atoms with E-state index in [-0.39, 0.29) is 5.91 Å². The van der Waals surface area contributed by atoms with E-state index in [2.05, 4.69) is 38.2 Å². The van der Waals surface area contributed by atoms with Crippen molar-refractivity contribution < 1.29 is 14.1 Å². The highest BCUT2D eigenvalue weighted by Gasteiger charge is 2.15. The van der Waals surface area contributed by atoms with Crippen molar-refractivity contribution >= 4 is 34.2 Å². The molecule has 1 N–H and O–H groups in total. The average Bonchev–Trinajstić information content (AvgIpc) is 3.11. The smallest absolute Gasteiger partial charge is 0.255 e. The molecule has 0 aliphatic carbocycles. The molecule has 3 aromatic rings. The van der Waals surface area contributed by atoms with Crippen LogP contribution in [0.5, 0.6) is 5.75 Å². The van der Waals surface area contributed by atoms with Gasteiger partial charge in [-0.15, -0.1) is 0 Å². The van der Waals surface area contributed by atoms with Crippen molar-refractivity contribution in [3.63, 3.8) is 0 Å². The van der Waals surface area contributed by atoms with Gasteiger partial charge in [-0.2, -0.15) is 5.10 Å². The minimum atomic E-state index is -0.214. The Morgan fingerprint density at radius 1 is 1.40 bits per heavy atom. The van der Waals surface area contributed by atoms with Crippen molar-refractivity contribution in [2.75, 3.05) is 12.4 Å². The minimum absolute atomic E-state index is 0.214. The predicted molar refractivity (Wildman–Crippen MR) is 101 cm³/mol. The fraction of sp³-hybridized carbons (Fsp3) is 0.235. The van der Waals surface area contributed by atoms with Gasteiger partial charge >= 0.3 is 0 Å². The third-order valence-electron chi connectivity index (χ3n) is 3.80. The van der Waals surface area contributed by atoms with Crippen LogP contribution in [0, 0.1) is 17.5 Å². The number of aromatic nitrogens is 3. The van der Waals surface area contributed by atoms with E-state index in [1.807, 2.05) is 13.8 Å². The number of carbonyl (C=O) groups excluding carboxylic acids is 1. The number of benzene rings is 1. The monoisotopic (exact) mass is 452 g/mol. The van der Waals surface area contributed by atoms with Crippen LogP contribution < -0.4 is 10.1 Å². The zero-order chi connectivity index (χ0) is 18.0. The number of nitrogens with zero attached hydrogens (tertiary/aromatic N) is 3. The fourth-order valence-electron chi connectivity index (χ4n) is 2.41. The van der Waals surface area contributed by atoms with Crippen LogP contribution in [-0.4, -0.2) is 28.0 Å². The van der Waals surface area contributed by atoms with Crippen molar-refractivity contribution in [2.45, 2.75) is 20.4 Å². The first-order chi connectivity index (χ1) is 12.0. The Bertz CT molecular complexity index is 897. The third kappa shape index (κ3) is 3.84. The summed E-state index contributed by atoms with van der Waals surface area (Å²) < 4.78 is 12.8. The molecule has 0 aliphatic rings. The molecule has 0 saturated heterocycles. The quantitative estimate of drug-likeness (QED) is 0.601. The summed E-state index contributed by atoms with van der Waals surface area (Å²) in [6, 6.07) is 7.00. The molecule has 0 unspecified atom stereocenters. The van der Waals surface area contributed by atoms with Gasteiger partial charge in [-0.05, 0) is 54.6 Å². The molecule has 0 radical (unpaired) electrons. The van der Waals surface area contributed by atoms with Crippen LogP contribution in [0.1, 0.15) is 27.4 Å². The molecular formula is C17H17IN4O3. The Kier molecular flexibility index (Phi) is 5.07. The van der Waals surface area contributed by atoms with Crippen molar-refractivity contribution in [1.29, 1.82) is 0 Å². The highest BCUT2D eigenvalue weighted by atomic mass is 127. The maximum atomic E-state index is 12.4. The predicted octanol–water partition coefficient (Wildman–Crippen LogP) is 3.40. The molecule has 3 rings (SSSR count). The molecule has 0 saturated carbocycles. The highest BCUT2D eigenvalue weighted by molar-refractivity contribution is 14.1. The lowest BCUT2D eigenvalue weighted by Gasteiger charge is -2.05. The molecule has 0 atom stereocenters. The Labute approximate surface area is 158 Å². The summed E-state index contributed by atoms with van der Waals surface area (Å²) in [5, 5.41) is 11.3. The van der Waals surface area contributed by atoms with E-state index in [0.29, 0.717) is 27.2 Å². The number of ether oxygens (including phenoxy) is 1. The number of anilines is 1. The van der Waals surface area contributed by atoms with Gasteiger partial charge in [0.05, 0.1) is 31.2 Å². The van der Waals surface area contributed by atoms with Crippen LogP contribution in [0.25, 0.3) is 0 Å². The van der Waals surface area contributed by atoms with Crippen LogP contribution in [0.4, 0.5) is 5.69 Å². The number of halogens is 1. The topological polar surface area (TPSA) is 82.2 Å². The number of carbonyl (C=O) groups is 1. The largest absolute Gasteiger partial charge is 0.497 e. The van der Waals surface area contributed by atoms with Crippen LogP contribution in [0.3, 0.4) is 0 Å². The van der Waals surface area contributed by atoms with Gasteiger partial charge in [0, 0.05) is 11.1 Å². The molecule has 1 amide bonds. The van der Waals surface area contributed by atoms with E-state index in [4.69, 9.17) is 9.26 Å². The molecule has 25 heavy (non-hydrogen) atoms. The van der Waals surface area contributed by atoms with E-state index >= 15 is 0 Å². The summed E-state index contributed by atoms with van der Waals surface area (Å²) in [4.78, 5) is 12.4. The summed E-state index contributed by atoms with van der Waals surface area (Å²) in [5.74, 6) is 1.19. The number of aryl methyl sites for hydroxylation is 2. The van der Waals surface area contributed by atoms with Gasteiger partial charge in [-0.25, -0.2) is 0 Å². The van der Waals surface area contributed by atoms with Crippen LogP contribution in [-0.2, 0) is 6.54 Å². The number of hydrogen-bond donors (Lipinski definition) is 1. The summed E-state index contributed by atoms with van der Waals surface area (Å²) in [7, 11) is 1.57. The van der Waals surface area contributed by atoms with Gasteiger partial charge in [0.25, 0.3) is 5.91 Å². The average molecular weight is 452 g/mol. The van der Waals surface area contributed by atoms with E-state index in [1.165, 1.54) is 0 Å². The molecule has 2 heterocycles. The van der Waals surface area contributed by atoms with Crippen LogP contribution in [0.2, 0.25) is 0 Å². The molecule has 0 aliphatic heterocycles. The lowest BCUT2D eigenvalue weighted by atomic mass is 10.2. The lowest BCUT2D eigenvalue weighted by Crippen LogP contribution is -2.12. The number of nitrogens with one attached hydrogen (secondary N) is 1. The van der Waals surface area contributed by atoms with Gasteiger partial charge in [-0.3, -0.25) is 9.48 Å². The molecule has 0 bridgehead atoms. The van der Waals surface area contributed by atoms with Crippen molar-refractivity contribution in [3.05, 3.63) is 56.7 Å². The molecule has 0 fully saturated rings. The molecule has 8 heteroatoms. The van der Waals surface area contributed by atoms with E-state index in [0.717, 1.165) is 17.0 Å². The number of hydrogen-bond acceptors (Lipinski definition) is 5. The summed E-state index contributed by atoms with van der Waals surface area (Å²) in [6.07, 6.45) is 1.80. The zero-order valence-corrected chi connectivity index (χ0v) is 16.2. The first kappa shape index (κ1) is 17.5. The van der Waals surface area contributed by atoms with Gasteiger partial charge in [0.2, 0.25) is 0 Å². The summed E-state index contributed by atoms with van der Waals surface area (Å²) in [6.45, 7) is 4.30. The third-order valence-corrected chi connectivity index (χ3v) is 4.59. The second-order valence-electron chi connectivity index (χ2n) is 5.52. The lowest BCUT2D eigenvalue weighted by molar-refractivity contribution is 0.102. The summed E-state index contributed by atoms with van der Waals surface area (Å²) >= 11 is 2.10. The maximum absolute atomic E-state index is 12.4. The minimum Gasteiger partial charge on any atom is -0.497 e. The van der Waals surface area contributed by atoms with Gasteiger partial charge in [0.15, 0.2) is 0 Å². The van der Waals surface area contributed by atoms with Crippen molar-refractivity contribution in [2.24, 2.45) is 0 Å². The standard InChI is InChI=1S/C17H17IN4O3/c1-10-14(11(2)25-21-10)8-22-9-15(16(18)20-22)19-17(23)12-5-4-6-13(7-12)24-3/h4-7,9H,8H2,1-3H3,(H,19,23). The number of rotatable bonds is 5. The normalized spacial score (nSPS) is 10.7. The highest BCUT2D eigenvalue weighted by Crippen LogP contribution is 2.21. The van der Waals surface area contributed by atoms with Gasteiger partial charge in [-0.1, -0.05) is 11.2 Å². The summed E-state index contributed by atoms with van der Waals surface area (Å²) in [5.41, 5.74) is 3.00. The SMILES string of the molecule is COc1cccc(C(=O)Nc2cn(Cc3c(C)noc3C)nc2I)c1. The molecule has 7 nitrogen and oxygen atoms in total. The van der Waals surface area contributed by atoms with Crippen LogP contribution >= 0.6 is 22.6 Å². The fourth-order valence-corrected chi connectivity index (χ4v) is 2.96. The maximum Gasteiger partial charge on any atom is 0.255 e.